The van der Waals surface area contributed by atoms with Gasteiger partial charge in [-0.1, -0.05) is 24.6 Å². The van der Waals surface area contributed by atoms with Gasteiger partial charge in [0, 0.05) is 13.1 Å². The van der Waals surface area contributed by atoms with Gasteiger partial charge in [-0.3, -0.25) is 4.90 Å². The summed E-state index contributed by atoms with van der Waals surface area (Å²) in [5.74, 6) is 0. The first-order valence-electron chi connectivity index (χ1n) is 6.26. The van der Waals surface area contributed by atoms with E-state index in [1.165, 1.54) is 18.7 Å². The number of nitrogens with zero attached hydrogens (tertiary/aromatic N) is 1. The average Bonchev–Trinajstić information content (AvgIpc) is 2.40. The van der Waals surface area contributed by atoms with Crippen LogP contribution in [0.1, 0.15) is 12.5 Å². The fourth-order valence-electron chi connectivity index (χ4n) is 1.62. The van der Waals surface area contributed by atoms with Crippen molar-refractivity contribution in [1.29, 1.82) is 0 Å². The van der Waals surface area contributed by atoms with Gasteiger partial charge in [-0.25, -0.2) is 8.42 Å². The molecule has 1 aliphatic rings. The molecule has 0 amide bonds. The van der Waals surface area contributed by atoms with Crippen molar-refractivity contribution < 1.29 is 17.7 Å². The maximum absolute atomic E-state index is 10.4. The molecule has 1 aromatic carbocycles. The summed E-state index contributed by atoms with van der Waals surface area (Å²) < 4.78 is 36.3. The quantitative estimate of drug-likeness (QED) is 0.765. The second kappa shape index (κ2) is 7.59. The van der Waals surface area contributed by atoms with E-state index >= 15 is 0 Å². The van der Waals surface area contributed by atoms with Crippen molar-refractivity contribution in [2.75, 3.05) is 32.8 Å². The Bertz CT molecular complexity index is 464. The maximum atomic E-state index is 10.4. The van der Waals surface area contributed by atoms with E-state index in [1.54, 1.807) is 12.1 Å². The van der Waals surface area contributed by atoms with E-state index in [2.05, 4.69) is 11.8 Å². The third kappa shape index (κ3) is 6.15. The summed E-state index contributed by atoms with van der Waals surface area (Å²) >= 11 is 0. The molecule has 0 bridgehead atoms. The van der Waals surface area contributed by atoms with Crippen LogP contribution in [0.3, 0.4) is 0 Å². The van der Waals surface area contributed by atoms with Crippen LogP contribution in [0.15, 0.2) is 29.2 Å². The van der Waals surface area contributed by atoms with Gasteiger partial charge < -0.3 is 9.29 Å². The second-order valence-electron chi connectivity index (χ2n) is 4.31. The summed E-state index contributed by atoms with van der Waals surface area (Å²) in [5.41, 5.74) is 0.928. The third-order valence-electron chi connectivity index (χ3n) is 2.86. The van der Waals surface area contributed by atoms with Crippen molar-refractivity contribution in [1.82, 2.24) is 4.90 Å². The van der Waals surface area contributed by atoms with Crippen molar-refractivity contribution in [3.63, 3.8) is 0 Å². The molecule has 2 rings (SSSR count). The Morgan fingerprint density at radius 3 is 2.11 bits per heavy atom. The molecule has 1 aromatic rings. The molecule has 6 heteroatoms. The molecule has 5 nitrogen and oxygen atoms in total. The van der Waals surface area contributed by atoms with Gasteiger partial charge in [0.1, 0.15) is 10.1 Å². The van der Waals surface area contributed by atoms with Crippen LogP contribution in [0.25, 0.3) is 0 Å². The average molecular weight is 286 g/mol. The maximum Gasteiger partial charge on any atom is 0.124 e. The normalized spacial score (nSPS) is 16.6. The summed E-state index contributed by atoms with van der Waals surface area (Å²) in [4.78, 5) is 2.21. The number of likely N-dealkylation sites (N-methyl/N-ethyl adjacent to an activating group) is 1. The molecule has 0 spiro atoms. The molecular formula is C13H20NO4S-. The van der Waals surface area contributed by atoms with Crippen molar-refractivity contribution in [3.8, 4) is 0 Å². The second-order valence-corrected chi connectivity index (χ2v) is 5.69. The Kier molecular flexibility index (Phi) is 6.44. The molecule has 1 fully saturated rings. The Hall–Kier alpha value is -0.950. The first kappa shape index (κ1) is 16.1. The lowest BCUT2D eigenvalue weighted by atomic mass is 10.2. The minimum atomic E-state index is -4.27. The minimum Gasteiger partial charge on any atom is -0.744 e. The van der Waals surface area contributed by atoms with E-state index in [-0.39, 0.29) is 4.90 Å². The molecule has 0 unspecified atom stereocenters. The van der Waals surface area contributed by atoms with Crippen LogP contribution >= 0.6 is 0 Å². The van der Waals surface area contributed by atoms with Gasteiger partial charge in [0.25, 0.3) is 0 Å². The molecule has 0 N–H and O–H groups in total. The number of aryl methyl sites for hydroxylation is 1. The van der Waals surface area contributed by atoms with Crippen LogP contribution in [0, 0.1) is 6.92 Å². The zero-order valence-electron chi connectivity index (χ0n) is 11.3. The molecule has 0 atom stereocenters. The van der Waals surface area contributed by atoms with E-state index in [9.17, 15) is 13.0 Å². The lowest BCUT2D eigenvalue weighted by Crippen LogP contribution is -2.35. The van der Waals surface area contributed by atoms with Gasteiger partial charge in [-0.15, -0.1) is 0 Å². The number of ether oxygens (including phenoxy) is 1. The van der Waals surface area contributed by atoms with E-state index < -0.39 is 10.1 Å². The van der Waals surface area contributed by atoms with Crippen LogP contribution in [0.2, 0.25) is 0 Å². The Labute approximate surface area is 114 Å². The topological polar surface area (TPSA) is 69.7 Å². The lowest BCUT2D eigenvalue weighted by molar-refractivity contribution is 0.0405. The van der Waals surface area contributed by atoms with Crippen molar-refractivity contribution in [2.24, 2.45) is 0 Å². The lowest BCUT2D eigenvalue weighted by Gasteiger charge is -2.24. The van der Waals surface area contributed by atoms with Crippen molar-refractivity contribution >= 4 is 10.1 Å². The molecule has 19 heavy (non-hydrogen) atoms. The van der Waals surface area contributed by atoms with Crippen molar-refractivity contribution in [3.05, 3.63) is 29.8 Å². The minimum absolute atomic E-state index is 0.178. The SMILES string of the molecule is CCN1CCOCC1.Cc1ccc(S(=O)(=O)[O-])cc1. The highest BCUT2D eigenvalue weighted by atomic mass is 32.2. The first-order chi connectivity index (χ1) is 8.93. The monoisotopic (exact) mass is 286 g/mol. The van der Waals surface area contributed by atoms with E-state index in [4.69, 9.17) is 4.74 Å². The Morgan fingerprint density at radius 1 is 1.21 bits per heavy atom. The van der Waals surface area contributed by atoms with Gasteiger partial charge in [0.05, 0.1) is 18.1 Å². The predicted molar refractivity (Wildman–Crippen MR) is 72.1 cm³/mol. The van der Waals surface area contributed by atoms with Crippen LogP contribution in [0.4, 0.5) is 0 Å². The molecule has 1 heterocycles. The first-order valence-corrected chi connectivity index (χ1v) is 7.67. The highest BCUT2D eigenvalue weighted by Crippen LogP contribution is 2.08. The van der Waals surface area contributed by atoms with Gasteiger partial charge >= 0.3 is 0 Å². The fourth-order valence-corrected chi connectivity index (χ4v) is 2.09. The fraction of sp³-hybridized carbons (Fsp3) is 0.538. The molecule has 1 saturated heterocycles. The summed E-state index contributed by atoms with van der Waals surface area (Å²) in [7, 11) is -4.27. The molecule has 108 valence electrons. The summed E-state index contributed by atoms with van der Waals surface area (Å²) in [6.45, 7) is 9.27. The predicted octanol–water partition coefficient (Wildman–Crippen LogP) is 1.24. The van der Waals surface area contributed by atoms with Gasteiger partial charge in [0.2, 0.25) is 0 Å². The van der Waals surface area contributed by atoms with Gasteiger partial charge in [-0.05, 0) is 25.6 Å². The Morgan fingerprint density at radius 2 is 1.74 bits per heavy atom. The zero-order chi connectivity index (χ0) is 14.3. The van der Waals surface area contributed by atoms with E-state index in [1.807, 2.05) is 6.92 Å². The number of rotatable bonds is 2. The Balaban J connectivity index is 0.000000200. The standard InChI is InChI=1S/C7H8O3S.C6H13NO/c1-6-2-4-7(5-3-6)11(8,9)10;1-2-7-3-5-8-6-4-7/h2-5H,1H3,(H,8,9,10);2-6H2,1H3/p-1. The molecule has 0 saturated carbocycles. The van der Waals surface area contributed by atoms with Gasteiger partial charge in [-0.2, -0.15) is 0 Å². The number of hydrogen-bond acceptors (Lipinski definition) is 5. The molecule has 0 aliphatic carbocycles. The molecular weight excluding hydrogens is 266 g/mol. The van der Waals surface area contributed by atoms with Crippen LogP contribution < -0.4 is 0 Å². The number of hydrogen-bond donors (Lipinski definition) is 0. The smallest absolute Gasteiger partial charge is 0.124 e. The summed E-state index contributed by atoms with van der Waals surface area (Å²) in [6.07, 6.45) is 0. The van der Waals surface area contributed by atoms with Crippen LogP contribution in [-0.4, -0.2) is 50.7 Å². The summed E-state index contributed by atoms with van der Waals surface area (Å²) in [5, 5.41) is 0. The zero-order valence-corrected chi connectivity index (χ0v) is 12.1. The van der Waals surface area contributed by atoms with E-state index in [0.717, 1.165) is 31.9 Å². The number of benzene rings is 1. The van der Waals surface area contributed by atoms with Crippen LogP contribution in [0.5, 0.6) is 0 Å². The highest BCUT2D eigenvalue weighted by Gasteiger charge is 2.05. The van der Waals surface area contributed by atoms with E-state index in [0.29, 0.717) is 0 Å². The molecule has 0 radical (unpaired) electrons. The van der Waals surface area contributed by atoms with Crippen LogP contribution in [-0.2, 0) is 14.9 Å². The largest absolute Gasteiger partial charge is 0.744 e. The molecule has 1 aliphatic heterocycles. The van der Waals surface area contributed by atoms with Crippen molar-refractivity contribution in [2.45, 2.75) is 18.7 Å². The number of morpholine rings is 1. The molecule has 0 aromatic heterocycles. The third-order valence-corrected chi connectivity index (χ3v) is 3.71. The summed E-state index contributed by atoms with van der Waals surface area (Å²) in [6, 6.07) is 5.78. The highest BCUT2D eigenvalue weighted by molar-refractivity contribution is 7.85. The van der Waals surface area contributed by atoms with Gasteiger partial charge in [0.15, 0.2) is 0 Å².